The van der Waals surface area contributed by atoms with Crippen LogP contribution in [0, 0.1) is 10.1 Å². The van der Waals surface area contributed by atoms with Gasteiger partial charge in [0.1, 0.15) is 0 Å². The van der Waals surface area contributed by atoms with Gasteiger partial charge in [0.05, 0.1) is 30.8 Å². The van der Waals surface area contributed by atoms with Crippen molar-refractivity contribution in [2.45, 2.75) is 12.5 Å². The first-order valence-electron chi connectivity index (χ1n) is 6.36. The standard InChI is InChI=1S/C13H18N2O4/c16-9-13-10-19-8-7-14(13)6-5-11-1-3-12(4-2-11)15(17)18/h1-4,13,16H,5-10H2. The fraction of sp³-hybridized carbons (Fsp3) is 0.538. The van der Waals surface area contributed by atoms with E-state index in [4.69, 9.17) is 4.74 Å². The van der Waals surface area contributed by atoms with Crippen LogP contribution in [0.4, 0.5) is 5.69 Å². The average Bonchev–Trinajstić information content (AvgIpc) is 2.45. The van der Waals surface area contributed by atoms with E-state index in [0.29, 0.717) is 13.2 Å². The van der Waals surface area contributed by atoms with Crippen LogP contribution in [0.1, 0.15) is 5.56 Å². The summed E-state index contributed by atoms with van der Waals surface area (Å²) in [6, 6.07) is 6.68. The van der Waals surface area contributed by atoms with Gasteiger partial charge in [-0.15, -0.1) is 0 Å². The molecule has 0 amide bonds. The molecule has 104 valence electrons. The Morgan fingerprint density at radius 3 is 2.79 bits per heavy atom. The summed E-state index contributed by atoms with van der Waals surface area (Å²) in [6.45, 7) is 3.00. The van der Waals surface area contributed by atoms with Gasteiger partial charge in [-0.1, -0.05) is 12.1 Å². The molecule has 0 saturated carbocycles. The van der Waals surface area contributed by atoms with E-state index in [1.54, 1.807) is 12.1 Å². The number of non-ortho nitro benzene ring substituents is 1. The van der Waals surface area contributed by atoms with Crippen molar-refractivity contribution in [3.63, 3.8) is 0 Å². The molecule has 1 aromatic carbocycles. The third-order valence-corrected chi connectivity index (χ3v) is 3.40. The first kappa shape index (κ1) is 13.9. The number of nitro benzene ring substituents is 1. The molecule has 0 spiro atoms. The molecule has 1 aliphatic rings. The van der Waals surface area contributed by atoms with E-state index in [9.17, 15) is 15.2 Å². The molecule has 0 bridgehead atoms. The number of aliphatic hydroxyl groups excluding tert-OH is 1. The van der Waals surface area contributed by atoms with Crippen molar-refractivity contribution in [1.82, 2.24) is 4.90 Å². The van der Waals surface area contributed by atoms with Crippen molar-refractivity contribution in [1.29, 1.82) is 0 Å². The smallest absolute Gasteiger partial charge is 0.269 e. The molecule has 1 saturated heterocycles. The van der Waals surface area contributed by atoms with Gasteiger partial charge in [0.25, 0.3) is 5.69 Å². The molecule has 1 fully saturated rings. The topological polar surface area (TPSA) is 75.8 Å². The molecular weight excluding hydrogens is 248 g/mol. The van der Waals surface area contributed by atoms with Gasteiger partial charge in [0, 0.05) is 25.2 Å². The Labute approximate surface area is 111 Å². The molecule has 0 aromatic heterocycles. The van der Waals surface area contributed by atoms with Crippen LogP contribution in [0.15, 0.2) is 24.3 Å². The normalized spacial score (nSPS) is 20.4. The lowest BCUT2D eigenvalue weighted by Gasteiger charge is -2.34. The van der Waals surface area contributed by atoms with Crippen molar-refractivity contribution < 1.29 is 14.8 Å². The van der Waals surface area contributed by atoms with Crippen molar-refractivity contribution in [3.8, 4) is 0 Å². The maximum absolute atomic E-state index is 10.6. The molecular formula is C13H18N2O4. The quantitative estimate of drug-likeness (QED) is 0.631. The molecule has 0 aliphatic carbocycles. The number of morpholine rings is 1. The highest BCUT2D eigenvalue weighted by Crippen LogP contribution is 2.13. The second-order valence-corrected chi connectivity index (χ2v) is 4.62. The molecule has 6 nitrogen and oxygen atoms in total. The predicted molar refractivity (Wildman–Crippen MR) is 70.1 cm³/mol. The largest absolute Gasteiger partial charge is 0.395 e. The van der Waals surface area contributed by atoms with Crippen LogP contribution >= 0.6 is 0 Å². The van der Waals surface area contributed by atoms with Crippen molar-refractivity contribution in [2.75, 3.05) is 32.9 Å². The van der Waals surface area contributed by atoms with Gasteiger partial charge >= 0.3 is 0 Å². The number of ether oxygens (including phenoxy) is 1. The molecule has 1 atom stereocenters. The molecule has 1 N–H and O–H groups in total. The van der Waals surface area contributed by atoms with Crippen LogP contribution < -0.4 is 0 Å². The number of hydrogen-bond acceptors (Lipinski definition) is 5. The Bertz CT molecular complexity index is 421. The number of nitrogens with zero attached hydrogens (tertiary/aromatic N) is 2. The highest BCUT2D eigenvalue weighted by atomic mass is 16.6. The van der Waals surface area contributed by atoms with Crippen LogP contribution in [0.5, 0.6) is 0 Å². The first-order chi connectivity index (χ1) is 9.20. The second-order valence-electron chi connectivity index (χ2n) is 4.62. The second kappa shape index (κ2) is 6.60. The summed E-state index contributed by atoms with van der Waals surface area (Å²) in [5, 5.41) is 19.8. The van der Waals surface area contributed by atoms with Gasteiger partial charge in [-0.05, 0) is 12.0 Å². The van der Waals surface area contributed by atoms with Crippen LogP contribution in [0.2, 0.25) is 0 Å². The molecule has 19 heavy (non-hydrogen) atoms. The van der Waals surface area contributed by atoms with E-state index in [2.05, 4.69) is 4.90 Å². The number of benzene rings is 1. The third-order valence-electron chi connectivity index (χ3n) is 3.40. The molecule has 1 aromatic rings. The highest BCUT2D eigenvalue weighted by molar-refractivity contribution is 5.32. The molecule has 0 radical (unpaired) electrons. The van der Waals surface area contributed by atoms with E-state index in [1.165, 1.54) is 12.1 Å². The fourth-order valence-corrected chi connectivity index (χ4v) is 2.21. The van der Waals surface area contributed by atoms with Crippen LogP contribution in [-0.4, -0.2) is 53.9 Å². The van der Waals surface area contributed by atoms with Crippen molar-refractivity contribution >= 4 is 5.69 Å². The minimum absolute atomic E-state index is 0.0619. The van der Waals surface area contributed by atoms with Crippen LogP contribution in [0.3, 0.4) is 0 Å². The van der Waals surface area contributed by atoms with Gasteiger partial charge in [-0.3, -0.25) is 15.0 Å². The Balaban J connectivity index is 1.88. The molecule has 1 heterocycles. The van der Waals surface area contributed by atoms with Gasteiger partial charge < -0.3 is 9.84 Å². The Morgan fingerprint density at radius 1 is 1.42 bits per heavy atom. The van der Waals surface area contributed by atoms with Crippen LogP contribution in [-0.2, 0) is 11.2 Å². The van der Waals surface area contributed by atoms with Gasteiger partial charge in [0.2, 0.25) is 0 Å². The maximum Gasteiger partial charge on any atom is 0.269 e. The molecule has 6 heteroatoms. The third kappa shape index (κ3) is 3.73. The minimum atomic E-state index is -0.395. The fourth-order valence-electron chi connectivity index (χ4n) is 2.21. The lowest BCUT2D eigenvalue weighted by atomic mass is 10.1. The van der Waals surface area contributed by atoms with Crippen molar-refractivity contribution in [3.05, 3.63) is 39.9 Å². The van der Waals surface area contributed by atoms with E-state index in [-0.39, 0.29) is 18.3 Å². The lowest BCUT2D eigenvalue weighted by Crippen LogP contribution is -2.48. The zero-order valence-corrected chi connectivity index (χ0v) is 10.7. The van der Waals surface area contributed by atoms with E-state index in [1.807, 2.05) is 0 Å². The molecule has 1 unspecified atom stereocenters. The minimum Gasteiger partial charge on any atom is -0.395 e. The number of aliphatic hydroxyl groups is 1. The first-order valence-corrected chi connectivity index (χ1v) is 6.36. The monoisotopic (exact) mass is 266 g/mol. The summed E-state index contributed by atoms with van der Waals surface area (Å²) in [7, 11) is 0. The van der Waals surface area contributed by atoms with E-state index in [0.717, 1.165) is 25.1 Å². The average molecular weight is 266 g/mol. The van der Waals surface area contributed by atoms with Crippen LogP contribution in [0.25, 0.3) is 0 Å². The van der Waals surface area contributed by atoms with Crippen molar-refractivity contribution in [2.24, 2.45) is 0 Å². The van der Waals surface area contributed by atoms with Gasteiger partial charge in [-0.2, -0.15) is 0 Å². The summed E-state index contributed by atoms with van der Waals surface area (Å²) >= 11 is 0. The lowest BCUT2D eigenvalue weighted by molar-refractivity contribution is -0.384. The van der Waals surface area contributed by atoms with E-state index < -0.39 is 4.92 Å². The molecule has 2 rings (SSSR count). The SMILES string of the molecule is O=[N+]([O-])c1ccc(CCN2CCOCC2CO)cc1. The zero-order chi connectivity index (χ0) is 13.7. The molecule has 1 aliphatic heterocycles. The maximum atomic E-state index is 10.6. The summed E-state index contributed by atoms with van der Waals surface area (Å²) < 4.78 is 5.32. The highest BCUT2D eigenvalue weighted by Gasteiger charge is 2.21. The zero-order valence-electron chi connectivity index (χ0n) is 10.7. The number of hydrogen-bond donors (Lipinski definition) is 1. The summed E-state index contributed by atoms with van der Waals surface area (Å²) in [4.78, 5) is 12.4. The predicted octanol–water partition coefficient (Wildman–Crippen LogP) is 0.830. The number of rotatable bonds is 5. The summed E-state index contributed by atoms with van der Waals surface area (Å²) in [5.74, 6) is 0. The summed E-state index contributed by atoms with van der Waals surface area (Å²) in [5.41, 5.74) is 1.18. The Morgan fingerprint density at radius 2 is 2.16 bits per heavy atom. The Kier molecular flexibility index (Phi) is 4.84. The Hall–Kier alpha value is -1.50. The van der Waals surface area contributed by atoms with Gasteiger partial charge in [-0.25, -0.2) is 0 Å². The van der Waals surface area contributed by atoms with Gasteiger partial charge in [0.15, 0.2) is 0 Å². The number of nitro groups is 1. The summed E-state index contributed by atoms with van der Waals surface area (Å²) in [6.07, 6.45) is 0.814. The van der Waals surface area contributed by atoms with E-state index >= 15 is 0 Å².